The van der Waals surface area contributed by atoms with E-state index in [1.807, 2.05) is 17.5 Å². The summed E-state index contributed by atoms with van der Waals surface area (Å²) < 4.78 is 0. The SMILES string of the molecule is CCc1ncc(CNC(C)C(C)C)s1. The summed E-state index contributed by atoms with van der Waals surface area (Å²) in [6.45, 7) is 9.81. The van der Waals surface area contributed by atoms with Gasteiger partial charge in [-0.1, -0.05) is 20.8 Å². The Labute approximate surface area is 90.8 Å². The molecular weight excluding hydrogens is 192 g/mol. The molecule has 0 amide bonds. The van der Waals surface area contributed by atoms with E-state index in [9.17, 15) is 0 Å². The molecular formula is C11H20N2S. The fourth-order valence-electron chi connectivity index (χ4n) is 1.09. The van der Waals surface area contributed by atoms with Crippen molar-refractivity contribution >= 4 is 11.3 Å². The second-order valence-corrected chi connectivity index (χ2v) is 5.19. The van der Waals surface area contributed by atoms with Crippen molar-refractivity contribution < 1.29 is 0 Å². The van der Waals surface area contributed by atoms with Crippen LogP contribution < -0.4 is 5.32 Å². The van der Waals surface area contributed by atoms with Crippen LogP contribution in [-0.2, 0) is 13.0 Å². The number of hydrogen-bond acceptors (Lipinski definition) is 3. The van der Waals surface area contributed by atoms with Crippen molar-refractivity contribution in [2.75, 3.05) is 0 Å². The highest BCUT2D eigenvalue weighted by Gasteiger charge is 2.06. The van der Waals surface area contributed by atoms with Crippen molar-refractivity contribution in [1.29, 1.82) is 0 Å². The minimum atomic E-state index is 0.571. The van der Waals surface area contributed by atoms with Crippen LogP contribution in [0.5, 0.6) is 0 Å². The molecule has 80 valence electrons. The molecule has 1 heterocycles. The van der Waals surface area contributed by atoms with E-state index in [-0.39, 0.29) is 0 Å². The Kier molecular flexibility index (Phi) is 4.55. The maximum Gasteiger partial charge on any atom is 0.0925 e. The maximum absolute atomic E-state index is 4.34. The summed E-state index contributed by atoms with van der Waals surface area (Å²) >= 11 is 1.81. The highest BCUT2D eigenvalue weighted by atomic mass is 32.1. The molecule has 1 unspecified atom stereocenters. The molecule has 0 bridgehead atoms. The van der Waals surface area contributed by atoms with Crippen molar-refractivity contribution in [3.05, 3.63) is 16.1 Å². The van der Waals surface area contributed by atoms with Gasteiger partial charge in [0.05, 0.1) is 5.01 Å². The first-order valence-corrected chi connectivity index (χ1v) is 6.12. The Bertz CT molecular complexity index is 268. The summed E-state index contributed by atoms with van der Waals surface area (Å²) in [5.41, 5.74) is 0. The molecule has 0 radical (unpaired) electrons. The lowest BCUT2D eigenvalue weighted by Gasteiger charge is -2.16. The van der Waals surface area contributed by atoms with E-state index in [2.05, 4.69) is 38.0 Å². The minimum Gasteiger partial charge on any atom is -0.309 e. The van der Waals surface area contributed by atoms with E-state index < -0.39 is 0 Å². The third-order valence-corrected chi connectivity index (χ3v) is 3.64. The van der Waals surface area contributed by atoms with Gasteiger partial charge in [0.25, 0.3) is 0 Å². The molecule has 0 aromatic carbocycles. The maximum atomic E-state index is 4.34. The number of hydrogen-bond donors (Lipinski definition) is 1. The molecule has 1 aromatic rings. The molecule has 1 N–H and O–H groups in total. The summed E-state index contributed by atoms with van der Waals surface area (Å²) in [6, 6.07) is 0.571. The monoisotopic (exact) mass is 212 g/mol. The molecule has 0 fully saturated rings. The van der Waals surface area contributed by atoms with Gasteiger partial charge in [-0.15, -0.1) is 11.3 Å². The molecule has 3 heteroatoms. The first kappa shape index (κ1) is 11.7. The van der Waals surface area contributed by atoms with E-state index in [0.29, 0.717) is 12.0 Å². The highest BCUT2D eigenvalue weighted by Crippen LogP contribution is 2.13. The lowest BCUT2D eigenvalue weighted by Crippen LogP contribution is -2.29. The van der Waals surface area contributed by atoms with Crippen LogP contribution in [0.25, 0.3) is 0 Å². The number of nitrogens with zero attached hydrogens (tertiary/aromatic N) is 1. The quantitative estimate of drug-likeness (QED) is 0.812. The second-order valence-electron chi connectivity index (χ2n) is 3.99. The molecule has 0 saturated carbocycles. The van der Waals surface area contributed by atoms with Gasteiger partial charge in [-0.25, -0.2) is 4.98 Å². The van der Waals surface area contributed by atoms with Crippen LogP contribution in [0.4, 0.5) is 0 Å². The number of nitrogens with one attached hydrogen (secondary N) is 1. The van der Waals surface area contributed by atoms with Gasteiger partial charge in [0.2, 0.25) is 0 Å². The van der Waals surface area contributed by atoms with Crippen LogP contribution >= 0.6 is 11.3 Å². The molecule has 2 nitrogen and oxygen atoms in total. The molecule has 0 spiro atoms. The normalized spacial score (nSPS) is 13.5. The standard InChI is InChI=1S/C11H20N2S/c1-5-11-13-7-10(14-11)6-12-9(4)8(2)3/h7-9,12H,5-6H2,1-4H3. The summed E-state index contributed by atoms with van der Waals surface area (Å²) in [5, 5.41) is 4.74. The Balaban J connectivity index is 2.37. The fourth-order valence-corrected chi connectivity index (χ4v) is 1.90. The first-order chi connectivity index (χ1) is 6.63. The van der Waals surface area contributed by atoms with Crippen molar-refractivity contribution in [3.8, 4) is 0 Å². The molecule has 1 aromatic heterocycles. The largest absolute Gasteiger partial charge is 0.309 e. The van der Waals surface area contributed by atoms with Gasteiger partial charge in [0.15, 0.2) is 0 Å². The van der Waals surface area contributed by atoms with E-state index in [1.54, 1.807) is 0 Å². The molecule has 0 aliphatic carbocycles. The molecule has 1 rings (SSSR count). The molecule has 0 aliphatic heterocycles. The number of thiazole rings is 1. The third kappa shape index (κ3) is 3.39. The lowest BCUT2D eigenvalue weighted by atomic mass is 10.1. The average molecular weight is 212 g/mol. The Morgan fingerprint density at radius 3 is 2.64 bits per heavy atom. The predicted octanol–water partition coefficient (Wildman–Crippen LogP) is 2.84. The van der Waals surface area contributed by atoms with E-state index in [0.717, 1.165) is 13.0 Å². The Hall–Kier alpha value is -0.410. The Morgan fingerprint density at radius 2 is 2.14 bits per heavy atom. The van der Waals surface area contributed by atoms with Gasteiger partial charge in [-0.05, 0) is 19.3 Å². The average Bonchev–Trinajstić information content (AvgIpc) is 2.61. The zero-order chi connectivity index (χ0) is 10.6. The van der Waals surface area contributed by atoms with Gasteiger partial charge < -0.3 is 5.32 Å². The number of aryl methyl sites for hydroxylation is 1. The first-order valence-electron chi connectivity index (χ1n) is 5.30. The third-order valence-electron chi connectivity index (χ3n) is 2.50. The summed E-state index contributed by atoms with van der Waals surface area (Å²) in [5.74, 6) is 0.688. The zero-order valence-electron chi connectivity index (χ0n) is 9.50. The van der Waals surface area contributed by atoms with E-state index >= 15 is 0 Å². The zero-order valence-corrected chi connectivity index (χ0v) is 10.3. The van der Waals surface area contributed by atoms with Crippen molar-refractivity contribution in [2.24, 2.45) is 5.92 Å². The van der Waals surface area contributed by atoms with Gasteiger partial charge in [-0.2, -0.15) is 0 Å². The second kappa shape index (κ2) is 5.47. The van der Waals surface area contributed by atoms with E-state index in [1.165, 1.54) is 9.88 Å². The number of rotatable bonds is 5. The van der Waals surface area contributed by atoms with Gasteiger partial charge in [0.1, 0.15) is 0 Å². The van der Waals surface area contributed by atoms with Crippen LogP contribution in [-0.4, -0.2) is 11.0 Å². The lowest BCUT2D eigenvalue weighted by molar-refractivity contribution is 0.427. The van der Waals surface area contributed by atoms with Gasteiger partial charge >= 0.3 is 0 Å². The summed E-state index contributed by atoms with van der Waals surface area (Å²) in [6.07, 6.45) is 3.04. The smallest absolute Gasteiger partial charge is 0.0925 e. The minimum absolute atomic E-state index is 0.571. The van der Waals surface area contributed by atoms with Crippen molar-refractivity contribution in [2.45, 2.75) is 46.7 Å². The van der Waals surface area contributed by atoms with Crippen LogP contribution in [0.2, 0.25) is 0 Å². The van der Waals surface area contributed by atoms with E-state index in [4.69, 9.17) is 0 Å². The summed E-state index contributed by atoms with van der Waals surface area (Å²) in [4.78, 5) is 5.68. The summed E-state index contributed by atoms with van der Waals surface area (Å²) in [7, 11) is 0. The molecule has 0 saturated heterocycles. The molecule has 14 heavy (non-hydrogen) atoms. The predicted molar refractivity (Wildman–Crippen MR) is 62.6 cm³/mol. The van der Waals surface area contributed by atoms with Gasteiger partial charge in [0, 0.05) is 23.7 Å². The highest BCUT2D eigenvalue weighted by molar-refractivity contribution is 7.11. The fraction of sp³-hybridized carbons (Fsp3) is 0.727. The van der Waals surface area contributed by atoms with Crippen molar-refractivity contribution in [3.63, 3.8) is 0 Å². The number of aromatic nitrogens is 1. The van der Waals surface area contributed by atoms with Crippen LogP contribution in [0.1, 0.15) is 37.6 Å². The van der Waals surface area contributed by atoms with Gasteiger partial charge in [-0.3, -0.25) is 0 Å². The molecule has 1 atom stereocenters. The molecule has 0 aliphatic rings. The van der Waals surface area contributed by atoms with Crippen LogP contribution in [0.3, 0.4) is 0 Å². The van der Waals surface area contributed by atoms with Crippen LogP contribution in [0.15, 0.2) is 6.20 Å². The van der Waals surface area contributed by atoms with Crippen molar-refractivity contribution in [1.82, 2.24) is 10.3 Å². The van der Waals surface area contributed by atoms with Crippen LogP contribution in [0, 0.1) is 5.92 Å². The Morgan fingerprint density at radius 1 is 1.43 bits per heavy atom. The topological polar surface area (TPSA) is 24.9 Å².